The van der Waals surface area contributed by atoms with Gasteiger partial charge in [-0.05, 0) is 19.3 Å². The highest BCUT2D eigenvalue weighted by atomic mass is 16.5. The number of hydrogen-bond donors (Lipinski definition) is 2. The maximum Gasteiger partial charge on any atom is 0.239 e. The molecule has 2 fully saturated rings. The molecule has 2 saturated heterocycles. The van der Waals surface area contributed by atoms with Gasteiger partial charge in [0, 0.05) is 0 Å². The van der Waals surface area contributed by atoms with E-state index in [1.807, 2.05) is 0 Å². The van der Waals surface area contributed by atoms with Gasteiger partial charge in [0.15, 0.2) is 0 Å². The summed E-state index contributed by atoms with van der Waals surface area (Å²) in [5.41, 5.74) is 2.17. The first-order chi connectivity index (χ1) is 5.31. The Kier molecular flexibility index (Phi) is 1.58. The lowest BCUT2D eigenvalue weighted by molar-refractivity contribution is -0.126. The third kappa shape index (κ3) is 1.02. The number of carbonyl (C=O) groups is 1. The number of hydrazine groups is 1. The fraction of sp³-hybridized carbons (Fsp3) is 0.857. The molecule has 0 aromatic carbocycles. The van der Waals surface area contributed by atoms with Crippen molar-refractivity contribution in [2.24, 2.45) is 11.8 Å². The van der Waals surface area contributed by atoms with Gasteiger partial charge in [-0.3, -0.25) is 10.2 Å². The minimum Gasteiger partial charge on any atom is -0.374 e. The van der Waals surface area contributed by atoms with E-state index in [1.54, 1.807) is 0 Å². The maximum atomic E-state index is 11.1. The smallest absolute Gasteiger partial charge is 0.239 e. The highest BCUT2D eigenvalue weighted by Gasteiger charge is 2.44. The lowest BCUT2D eigenvalue weighted by Gasteiger charge is -2.15. The minimum atomic E-state index is -0.0720. The Morgan fingerprint density at radius 3 is 2.82 bits per heavy atom. The van der Waals surface area contributed by atoms with E-state index in [0.29, 0.717) is 6.10 Å². The highest BCUT2D eigenvalue weighted by molar-refractivity contribution is 5.79. The molecule has 4 nitrogen and oxygen atoms in total. The van der Waals surface area contributed by atoms with Crippen LogP contribution < -0.4 is 11.3 Å². The summed E-state index contributed by atoms with van der Waals surface area (Å²) in [6, 6.07) is 0. The van der Waals surface area contributed by atoms with Crippen molar-refractivity contribution in [2.45, 2.75) is 31.5 Å². The average Bonchev–Trinajstić information content (AvgIpc) is 2.62. The number of rotatable bonds is 1. The zero-order valence-electron chi connectivity index (χ0n) is 6.25. The Bertz CT molecular complexity index is 183. The highest BCUT2D eigenvalue weighted by Crippen LogP contribution is 2.38. The predicted molar refractivity (Wildman–Crippen MR) is 38.3 cm³/mol. The summed E-state index contributed by atoms with van der Waals surface area (Å²) < 4.78 is 5.49. The fourth-order valence-electron chi connectivity index (χ4n) is 2.02. The summed E-state index contributed by atoms with van der Waals surface area (Å²) in [6.07, 6.45) is 3.45. The Labute approximate surface area is 65.1 Å². The molecule has 2 aliphatic rings. The molecule has 2 rings (SSSR count). The van der Waals surface area contributed by atoms with Crippen molar-refractivity contribution >= 4 is 5.91 Å². The molecular weight excluding hydrogens is 144 g/mol. The predicted octanol–water partition coefficient (Wildman–Crippen LogP) is -0.456. The third-order valence-electron chi connectivity index (χ3n) is 2.59. The van der Waals surface area contributed by atoms with E-state index in [0.717, 1.165) is 19.3 Å². The molecule has 4 heteroatoms. The number of ether oxygens (including phenoxy) is 1. The Balaban J connectivity index is 2.02. The average molecular weight is 156 g/mol. The van der Waals surface area contributed by atoms with Crippen molar-refractivity contribution in [1.29, 1.82) is 0 Å². The molecule has 0 spiro atoms. The molecule has 0 aromatic heterocycles. The van der Waals surface area contributed by atoms with Crippen LogP contribution in [-0.4, -0.2) is 18.1 Å². The van der Waals surface area contributed by atoms with Crippen molar-refractivity contribution < 1.29 is 9.53 Å². The van der Waals surface area contributed by atoms with E-state index >= 15 is 0 Å². The van der Waals surface area contributed by atoms with Gasteiger partial charge in [0.25, 0.3) is 0 Å². The van der Waals surface area contributed by atoms with Crippen LogP contribution in [-0.2, 0) is 9.53 Å². The first-order valence-electron chi connectivity index (χ1n) is 3.97. The maximum absolute atomic E-state index is 11.1. The molecule has 0 unspecified atom stereocenters. The second-order valence-electron chi connectivity index (χ2n) is 3.22. The van der Waals surface area contributed by atoms with E-state index in [-0.39, 0.29) is 17.9 Å². The molecule has 0 aromatic rings. The summed E-state index contributed by atoms with van der Waals surface area (Å²) in [7, 11) is 0. The second-order valence-corrected chi connectivity index (χ2v) is 3.22. The van der Waals surface area contributed by atoms with Gasteiger partial charge in [-0.25, -0.2) is 5.84 Å². The quantitative estimate of drug-likeness (QED) is 0.307. The fourth-order valence-corrected chi connectivity index (χ4v) is 2.02. The second kappa shape index (κ2) is 2.46. The SMILES string of the molecule is NNC(=O)[C@@H]1C[C@H]2CC[C@@H]1O2. The number of fused-ring (bicyclic) bond motifs is 2. The van der Waals surface area contributed by atoms with Gasteiger partial charge in [-0.1, -0.05) is 0 Å². The summed E-state index contributed by atoms with van der Waals surface area (Å²) in [5.74, 6) is 4.97. The molecule has 2 heterocycles. The van der Waals surface area contributed by atoms with Crippen LogP contribution in [0, 0.1) is 5.92 Å². The summed E-state index contributed by atoms with van der Waals surface area (Å²) in [6.45, 7) is 0. The topological polar surface area (TPSA) is 64.3 Å². The molecule has 0 radical (unpaired) electrons. The summed E-state index contributed by atoms with van der Waals surface area (Å²) in [5, 5.41) is 0. The minimum absolute atomic E-state index is 0.0127. The van der Waals surface area contributed by atoms with Crippen LogP contribution in [0.5, 0.6) is 0 Å². The lowest BCUT2D eigenvalue weighted by Crippen LogP contribution is -2.39. The lowest BCUT2D eigenvalue weighted by atomic mass is 9.89. The van der Waals surface area contributed by atoms with Crippen LogP contribution in [0.1, 0.15) is 19.3 Å². The summed E-state index contributed by atoms with van der Waals surface area (Å²) >= 11 is 0. The monoisotopic (exact) mass is 156 g/mol. The Morgan fingerprint density at radius 2 is 2.36 bits per heavy atom. The Morgan fingerprint density at radius 1 is 1.55 bits per heavy atom. The van der Waals surface area contributed by atoms with E-state index < -0.39 is 0 Å². The number of nitrogens with two attached hydrogens (primary N) is 1. The zero-order valence-corrected chi connectivity index (χ0v) is 6.25. The van der Waals surface area contributed by atoms with Crippen LogP contribution >= 0.6 is 0 Å². The molecule has 3 atom stereocenters. The van der Waals surface area contributed by atoms with E-state index in [4.69, 9.17) is 10.6 Å². The zero-order chi connectivity index (χ0) is 7.84. The van der Waals surface area contributed by atoms with Crippen molar-refractivity contribution in [2.75, 3.05) is 0 Å². The molecule has 1 amide bonds. The standard InChI is InChI=1S/C7H12N2O2/c8-9-7(10)5-3-4-1-2-6(5)11-4/h4-6H,1-3,8H2,(H,9,10)/t4-,5-,6+/m1/s1. The van der Waals surface area contributed by atoms with Gasteiger partial charge < -0.3 is 4.74 Å². The van der Waals surface area contributed by atoms with Gasteiger partial charge >= 0.3 is 0 Å². The third-order valence-corrected chi connectivity index (χ3v) is 2.59. The van der Waals surface area contributed by atoms with Gasteiger partial charge in [0.05, 0.1) is 18.1 Å². The van der Waals surface area contributed by atoms with E-state index in [2.05, 4.69) is 5.43 Å². The molecule has 62 valence electrons. The van der Waals surface area contributed by atoms with Crippen LogP contribution in [0.25, 0.3) is 0 Å². The van der Waals surface area contributed by atoms with Gasteiger partial charge in [0.2, 0.25) is 5.91 Å². The molecule has 3 N–H and O–H groups in total. The van der Waals surface area contributed by atoms with E-state index in [9.17, 15) is 4.79 Å². The van der Waals surface area contributed by atoms with Crippen LogP contribution in [0.15, 0.2) is 0 Å². The molecule has 0 aliphatic carbocycles. The number of amides is 1. The van der Waals surface area contributed by atoms with Crippen LogP contribution in [0.4, 0.5) is 0 Å². The first kappa shape index (κ1) is 7.06. The number of hydrogen-bond acceptors (Lipinski definition) is 3. The molecule has 0 saturated carbocycles. The van der Waals surface area contributed by atoms with Crippen molar-refractivity contribution in [3.05, 3.63) is 0 Å². The molecule has 2 bridgehead atoms. The van der Waals surface area contributed by atoms with E-state index in [1.165, 1.54) is 0 Å². The number of carbonyl (C=O) groups excluding carboxylic acids is 1. The van der Waals surface area contributed by atoms with Gasteiger partial charge in [-0.2, -0.15) is 0 Å². The molecule has 11 heavy (non-hydrogen) atoms. The van der Waals surface area contributed by atoms with Crippen molar-refractivity contribution in [1.82, 2.24) is 5.43 Å². The van der Waals surface area contributed by atoms with Crippen molar-refractivity contribution in [3.63, 3.8) is 0 Å². The van der Waals surface area contributed by atoms with Crippen LogP contribution in [0.3, 0.4) is 0 Å². The molecular formula is C7H12N2O2. The van der Waals surface area contributed by atoms with Gasteiger partial charge in [-0.15, -0.1) is 0 Å². The van der Waals surface area contributed by atoms with Crippen molar-refractivity contribution in [3.8, 4) is 0 Å². The normalized spacial score (nSPS) is 41.0. The Hall–Kier alpha value is -0.610. The first-order valence-corrected chi connectivity index (χ1v) is 3.97. The van der Waals surface area contributed by atoms with Crippen LogP contribution in [0.2, 0.25) is 0 Å². The molecule has 2 aliphatic heterocycles. The largest absolute Gasteiger partial charge is 0.374 e. The summed E-state index contributed by atoms with van der Waals surface area (Å²) in [4.78, 5) is 11.1. The van der Waals surface area contributed by atoms with Gasteiger partial charge in [0.1, 0.15) is 0 Å². The number of nitrogens with one attached hydrogen (secondary N) is 1.